The molecule has 2 N–H and O–H groups in total. The Balaban J connectivity index is 2.00. The summed E-state index contributed by atoms with van der Waals surface area (Å²) in [6.45, 7) is 0. The van der Waals surface area contributed by atoms with Crippen LogP contribution in [0.1, 0.15) is 5.56 Å². The van der Waals surface area contributed by atoms with E-state index in [9.17, 15) is 14.4 Å². The van der Waals surface area contributed by atoms with E-state index in [2.05, 4.69) is 10.3 Å². The van der Waals surface area contributed by atoms with Gasteiger partial charge in [0.25, 0.3) is 0 Å². The summed E-state index contributed by atoms with van der Waals surface area (Å²) in [4.78, 5) is 18.4. The van der Waals surface area contributed by atoms with E-state index in [1.807, 2.05) is 12.1 Å². The van der Waals surface area contributed by atoms with Crippen LogP contribution in [-0.2, 0) is 10.7 Å². The molecule has 0 fully saturated rings. The summed E-state index contributed by atoms with van der Waals surface area (Å²) in [5, 5.41) is 8.75. The van der Waals surface area contributed by atoms with Gasteiger partial charge in [-0.3, -0.25) is 4.57 Å². The average molecular weight is 350 g/mol. The molecule has 118 valence electrons. The molecule has 0 amide bonds. The quantitative estimate of drug-likeness (QED) is 0.706. The minimum Gasteiger partial charge on any atom is -0.324 e. The van der Waals surface area contributed by atoms with Crippen LogP contribution < -0.4 is 0 Å². The van der Waals surface area contributed by atoms with Gasteiger partial charge in [0.05, 0.1) is 18.0 Å². The van der Waals surface area contributed by atoms with E-state index >= 15 is 0 Å². The van der Waals surface area contributed by atoms with Crippen LogP contribution in [-0.4, -0.2) is 24.8 Å². The molecular formula is C15H13ClN3O3P. The summed E-state index contributed by atoms with van der Waals surface area (Å²) in [5.41, 5.74) is 2.52. The second-order valence-electron chi connectivity index (χ2n) is 5.01. The minimum atomic E-state index is -4.17. The largest absolute Gasteiger partial charge is 0.329 e. The molecule has 0 aliphatic heterocycles. The number of halogens is 1. The van der Waals surface area contributed by atoms with E-state index in [0.717, 1.165) is 5.56 Å². The molecule has 8 heteroatoms. The molecule has 0 saturated heterocycles. The summed E-state index contributed by atoms with van der Waals surface area (Å²) in [7, 11) is -4.17. The van der Waals surface area contributed by atoms with E-state index in [1.165, 1.54) is 4.68 Å². The van der Waals surface area contributed by atoms with E-state index < -0.39 is 7.60 Å². The number of aromatic nitrogens is 3. The first-order valence-corrected chi connectivity index (χ1v) is 8.91. The molecule has 0 bridgehead atoms. The molecule has 0 spiro atoms. The predicted octanol–water partition coefficient (Wildman–Crippen LogP) is 3.27. The fourth-order valence-electron chi connectivity index (χ4n) is 2.25. The maximum absolute atomic E-state index is 11.3. The van der Waals surface area contributed by atoms with Crippen molar-refractivity contribution in [2.45, 2.75) is 6.16 Å². The summed E-state index contributed by atoms with van der Waals surface area (Å²) < 4.78 is 12.8. The molecule has 0 aliphatic carbocycles. The zero-order valence-electron chi connectivity index (χ0n) is 11.9. The van der Waals surface area contributed by atoms with Crippen LogP contribution >= 0.6 is 19.2 Å². The second-order valence-corrected chi connectivity index (χ2v) is 7.09. The first kappa shape index (κ1) is 15.9. The lowest BCUT2D eigenvalue weighted by atomic mass is 10.1. The van der Waals surface area contributed by atoms with Crippen molar-refractivity contribution in [3.63, 3.8) is 0 Å². The summed E-state index contributed by atoms with van der Waals surface area (Å²) >= 11 is 5.97. The van der Waals surface area contributed by atoms with E-state index in [0.29, 0.717) is 22.0 Å². The topological polar surface area (TPSA) is 88.2 Å². The highest BCUT2D eigenvalue weighted by Crippen LogP contribution is 2.40. The molecule has 3 rings (SSSR count). The Kier molecular flexibility index (Phi) is 4.33. The Bertz CT molecular complexity index is 891. The van der Waals surface area contributed by atoms with Gasteiger partial charge in [-0.2, -0.15) is 0 Å². The van der Waals surface area contributed by atoms with Gasteiger partial charge in [-0.1, -0.05) is 47.1 Å². The SMILES string of the molecule is O=P(O)(O)Cc1ccccc1-n1cc(-c2cccc(Cl)c2)nn1. The Morgan fingerprint density at radius 1 is 1.13 bits per heavy atom. The third kappa shape index (κ3) is 3.86. The summed E-state index contributed by atoms with van der Waals surface area (Å²) in [6, 6.07) is 14.1. The number of nitrogens with zero attached hydrogens (tertiary/aromatic N) is 3. The minimum absolute atomic E-state index is 0.352. The van der Waals surface area contributed by atoms with E-state index in [-0.39, 0.29) is 6.16 Å². The Morgan fingerprint density at radius 3 is 2.65 bits per heavy atom. The van der Waals surface area contributed by atoms with Gasteiger partial charge in [-0.25, -0.2) is 4.68 Å². The number of benzene rings is 2. The van der Waals surface area contributed by atoms with Gasteiger partial charge in [-0.15, -0.1) is 5.10 Å². The molecule has 3 aromatic rings. The van der Waals surface area contributed by atoms with Crippen molar-refractivity contribution in [2.75, 3.05) is 0 Å². The summed E-state index contributed by atoms with van der Waals surface area (Å²) in [5.74, 6) is 0. The Morgan fingerprint density at radius 2 is 1.91 bits per heavy atom. The molecule has 1 heterocycles. The van der Waals surface area contributed by atoms with Crippen LogP contribution in [0.3, 0.4) is 0 Å². The van der Waals surface area contributed by atoms with Gasteiger partial charge in [0.1, 0.15) is 5.69 Å². The number of hydrogen-bond acceptors (Lipinski definition) is 3. The second kappa shape index (κ2) is 6.26. The number of hydrogen-bond donors (Lipinski definition) is 2. The van der Waals surface area contributed by atoms with E-state index in [1.54, 1.807) is 42.6 Å². The highest BCUT2D eigenvalue weighted by molar-refractivity contribution is 7.50. The van der Waals surface area contributed by atoms with Crippen LogP contribution in [0, 0.1) is 0 Å². The van der Waals surface area contributed by atoms with Gasteiger partial charge in [0.2, 0.25) is 0 Å². The van der Waals surface area contributed by atoms with Crippen molar-refractivity contribution in [3.05, 3.63) is 65.3 Å². The third-order valence-corrected chi connectivity index (χ3v) is 4.22. The Hall–Kier alpha value is -1.98. The maximum Gasteiger partial charge on any atom is 0.329 e. The van der Waals surface area contributed by atoms with E-state index in [4.69, 9.17) is 11.6 Å². The predicted molar refractivity (Wildman–Crippen MR) is 87.6 cm³/mol. The highest BCUT2D eigenvalue weighted by atomic mass is 35.5. The molecule has 0 unspecified atom stereocenters. The van der Waals surface area contributed by atoms with Crippen molar-refractivity contribution in [1.82, 2.24) is 15.0 Å². The van der Waals surface area contributed by atoms with Gasteiger partial charge < -0.3 is 9.79 Å². The van der Waals surface area contributed by atoms with Gasteiger partial charge in [-0.05, 0) is 23.8 Å². The lowest BCUT2D eigenvalue weighted by Crippen LogP contribution is -2.00. The molecule has 6 nitrogen and oxygen atoms in total. The smallest absolute Gasteiger partial charge is 0.324 e. The molecular weight excluding hydrogens is 337 g/mol. The highest BCUT2D eigenvalue weighted by Gasteiger charge is 2.18. The van der Waals surface area contributed by atoms with Crippen LogP contribution in [0.5, 0.6) is 0 Å². The van der Waals surface area contributed by atoms with Gasteiger partial charge in [0.15, 0.2) is 0 Å². The van der Waals surface area contributed by atoms with Crippen molar-refractivity contribution >= 4 is 19.2 Å². The molecule has 0 aliphatic rings. The lowest BCUT2D eigenvalue weighted by molar-refractivity contribution is 0.371. The first-order chi connectivity index (χ1) is 10.9. The van der Waals surface area contributed by atoms with Crippen molar-refractivity contribution in [2.24, 2.45) is 0 Å². The lowest BCUT2D eigenvalue weighted by Gasteiger charge is -2.09. The number of para-hydroxylation sites is 1. The van der Waals surface area contributed by atoms with Crippen LogP contribution in [0.15, 0.2) is 54.7 Å². The summed E-state index contributed by atoms with van der Waals surface area (Å²) in [6.07, 6.45) is 1.35. The van der Waals surface area contributed by atoms with Gasteiger partial charge in [0, 0.05) is 10.6 Å². The van der Waals surface area contributed by atoms with Crippen LogP contribution in [0.4, 0.5) is 0 Å². The molecule has 1 aromatic heterocycles. The van der Waals surface area contributed by atoms with Crippen molar-refractivity contribution in [1.29, 1.82) is 0 Å². The molecule has 0 atom stereocenters. The molecule has 2 aromatic carbocycles. The standard InChI is InChI=1S/C15H13ClN3O3P/c16-13-6-3-5-11(8-13)14-9-19(18-17-14)15-7-2-1-4-12(15)10-23(20,21)22/h1-9H,10H2,(H2,20,21,22). The van der Waals surface area contributed by atoms with Crippen LogP contribution in [0.25, 0.3) is 16.9 Å². The maximum atomic E-state index is 11.3. The van der Waals surface area contributed by atoms with Crippen molar-refractivity contribution in [3.8, 4) is 16.9 Å². The third-order valence-electron chi connectivity index (χ3n) is 3.23. The van der Waals surface area contributed by atoms with Gasteiger partial charge >= 0.3 is 7.60 Å². The van der Waals surface area contributed by atoms with Crippen LogP contribution in [0.2, 0.25) is 5.02 Å². The number of rotatable bonds is 4. The zero-order chi connectivity index (χ0) is 16.4. The Labute approximate surface area is 137 Å². The molecule has 0 radical (unpaired) electrons. The van der Waals surface area contributed by atoms with Crippen molar-refractivity contribution < 1.29 is 14.4 Å². The molecule has 23 heavy (non-hydrogen) atoms. The monoisotopic (exact) mass is 349 g/mol. The first-order valence-electron chi connectivity index (χ1n) is 6.73. The normalized spacial score (nSPS) is 11.6. The average Bonchev–Trinajstić information content (AvgIpc) is 2.96. The fraction of sp³-hybridized carbons (Fsp3) is 0.0667. The molecule has 0 saturated carbocycles. The fourth-order valence-corrected chi connectivity index (χ4v) is 3.15. The zero-order valence-corrected chi connectivity index (χ0v) is 13.5.